The largest absolute Gasteiger partial charge is 0.504 e. The molecule has 43 heavy (non-hydrogen) atoms. The van der Waals surface area contributed by atoms with Crippen molar-refractivity contribution in [2.75, 3.05) is 0 Å². The number of ether oxygens (including phenoxy) is 1. The molecule has 12 heteroatoms. The molecule has 0 unspecified atom stereocenters. The number of furan rings is 2. The van der Waals surface area contributed by atoms with Crippen LogP contribution in [0.15, 0.2) is 69.5 Å². The maximum Gasteiger partial charge on any atom is 0.270 e. The van der Waals surface area contributed by atoms with E-state index in [4.69, 9.17) is 13.6 Å². The van der Waals surface area contributed by atoms with Crippen LogP contribution in [0, 0.1) is 20.2 Å². The fourth-order valence-corrected chi connectivity index (χ4v) is 5.45. The number of rotatable bonds is 6. The Hall–Kier alpha value is -5.78. The Kier molecular flexibility index (Phi) is 6.94. The first-order valence-electron chi connectivity index (χ1n) is 13.3. The Labute approximate surface area is 241 Å². The Morgan fingerprint density at radius 2 is 1.26 bits per heavy atom. The highest BCUT2D eigenvalue weighted by atomic mass is 16.6. The summed E-state index contributed by atoms with van der Waals surface area (Å²) in [4.78, 5) is 43.3. The van der Waals surface area contributed by atoms with Gasteiger partial charge in [-0.15, -0.1) is 0 Å². The monoisotopic (exact) mass is 582 g/mol. The summed E-state index contributed by atoms with van der Waals surface area (Å²) in [5.41, 5.74) is 2.11. The first-order valence-corrected chi connectivity index (χ1v) is 13.3. The molecule has 2 aromatic heterocycles. The van der Waals surface area contributed by atoms with Gasteiger partial charge in [-0.25, -0.2) is 0 Å². The Bertz CT molecular complexity index is 2090. The average Bonchev–Trinajstić information content (AvgIpc) is 3.75. The van der Waals surface area contributed by atoms with Crippen molar-refractivity contribution in [1.82, 2.24) is 0 Å². The highest BCUT2D eigenvalue weighted by Crippen LogP contribution is 2.40. The van der Waals surface area contributed by atoms with E-state index in [1.165, 1.54) is 42.5 Å². The molecular formula is C31H22N2O10. The molecule has 7 rings (SSSR count). The summed E-state index contributed by atoms with van der Waals surface area (Å²) in [5.74, 6) is 0.473. The predicted molar refractivity (Wildman–Crippen MR) is 156 cm³/mol. The summed E-state index contributed by atoms with van der Waals surface area (Å²) in [6, 6.07) is 14.7. The molecule has 1 fully saturated rings. The van der Waals surface area contributed by atoms with Crippen LogP contribution in [-0.2, 0) is 0 Å². The number of hydrogen-bond acceptors (Lipinski definition) is 10. The summed E-state index contributed by atoms with van der Waals surface area (Å²) >= 11 is 0. The Morgan fingerprint density at radius 1 is 0.744 bits per heavy atom. The first-order chi connectivity index (χ1) is 20.8. The van der Waals surface area contributed by atoms with Gasteiger partial charge in [0, 0.05) is 56.9 Å². The topological polar surface area (TPSA) is 176 Å². The molecular weight excluding hydrogens is 560 g/mol. The second-order valence-electron chi connectivity index (χ2n) is 10.1. The van der Waals surface area contributed by atoms with Crippen LogP contribution >= 0.6 is 0 Å². The molecule has 0 aliphatic heterocycles. The van der Waals surface area contributed by atoms with E-state index in [-0.39, 0.29) is 28.8 Å². The van der Waals surface area contributed by atoms with Crippen LogP contribution in [0.2, 0.25) is 0 Å². The molecule has 0 saturated heterocycles. The van der Waals surface area contributed by atoms with E-state index >= 15 is 0 Å². The van der Waals surface area contributed by atoms with Gasteiger partial charge in [-0.1, -0.05) is 0 Å². The number of phenols is 1. The highest BCUT2D eigenvalue weighted by Gasteiger charge is 2.22. The maximum absolute atomic E-state index is 11.4. The summed E-state index contributed by atoms with van der Waals surface area (Å²) in [6.07, 6.45) is 5.80. The van der Waals surface area contributed by atoms with E-state index in [0.717, 1.165) is 32.0 Å². The van der Waals surface area contributed by atoms with Gasteiger partial charge in [-0.05, 0) is 62.1 Å². The molecule has 1 N–H and O–H groups in total. The van der Waals surface area contributed by atoms with E-state index in [2.05, 4.69) is 0 Å². The van der Waals surface area contributed by atoms with Crippen LogP contribution in [0.25, 0.3) is 43.9 Å². The third-order valence-electron chi connectivity index (χ3n) is 7.48. The number of aromatic hydroxyl groups is 1. The van der Waals surface area contributed by atoms with Gasteiger partial charge in [0.25, 0.3) is 11.4 Å². The van der Waals surface area contributed by atoms with Crippen LogP contribution in [0.4, 0.5) is 11.4 Å². The molecule has 1 aliphatic carbocycles. The fourth-order valence-electron chi connectivity index (χ4n) is 5.45. The number of nitro groups is 2. The lowest BCUT2D eigenvalue weighted by Gasteiger charge is -2.13. The minimum absolute atomic E-state index is 0.0378. The van der Waals surface area contributed by atoms with Crippen LogP contribution < -0.4 is 4.74 Å². The number of nitrogens with zero attached hydrogens (tertiary/aromatic N) is 2. The number of aldehydes is 2. The van der Waals surface area contributed by atoms with Gasteiger partial charge in [-0.2, -0.15) is 0 Å². The van der Waals surface area contributed by atoms with Gasteiger partial charge >= 0.3 is 0 Å². The standard InChI is InChI=1S/C18H15NO5.C13H7NO5/c20-10-11-5-7-16(23-13-3-1-2-4-13)18-17(11)14-9-12(19(21)22)6-8-15(14)24-18;15-6-7-1-3-10(16)13-12(7)9-5-8(14(17)18)2-4-11(9)19-13/h5-10,13H,1-4H2;1-6,16H. The van der Waals surface area contributed by atoms with Gasteiger partial charge in [0.05, 0.1) is 16.0 Å². The molecule has 1 aliphatic rings. The zero-order valence-electron chi connectivity index (χ0n) is 22.3. The number of nitro benzene ring substituents is 2. The molecule has 216 valence electrons. The second kappa shape index (κ2) is 10.9. The number of non-ortho nitro benzene ring substituents is 2. The van der Waals surface area contributed by atoms with Crippen LogP contribution in [-0.4, -0.2) is 33.6 Å². The molecule has 0 bridgehead atoms. The maximum atomic E-state index is 11.4. The zero-order chi connectivity index (χ0) is 30.2. The molecule has 2 heterocycles. The molecule has 6 aromatic rings. The molecule has 0 amide bonds. The van der Waals surface area contributed by atoms with E-state index < -0.39 is 9.85 Å². The smallest absolute Gasteiger partial charge is 0.270 e. The van der Waals surface area contributed by atoms with Gasteiger partial charge < -0.3 is 18.7 Å². The summed E-state index contributed by atoms with van der Waals surface area (Å²) in [7, 11) is 0. The molecule has 0 spiro atoms. The Balaban J connectivity index is 0.000000157. The van der Waals surface area contributed by atoms with Crippen molar-refractivity contribution in [3.63, 3.8) is 0 Å². The lowest BCUT2D eigenvalue weighted by atomic mass is 10.1. The van der Waals surface area contributed by atoms with Gasteiger partial charge in [0.1, 0.15) is 11.2 Å². The third-order valence-corrected chi connectivity index (χ3v) is 7.48. The number of benzene rings is 4. The van der Waals surface area contributed by atoms with E-state index in [9.17, 15) is 34.9 Å². The predicted octanol–water partition coefficient (Wildman–Crippen LogP) is 7.64. The van der Waals surface area contributed by atoms with Crippen LogP contribution in [0.1, 0.15) is 46.4 Å². The minimum atomic E-state index is -0.526. The number of phenolic OH excluding ortho intramolecular Hbond substituents is 1. The summed E-state index contributed by atoms with van der Waals surface area (Å²) in [6.45, 7) is 0. The van der Waals surface area contributed by atoms with Crippen LogP contribution in [0.5, 0.6) is 11.5 Å². The van der Waals surface area contributed by atoms with Crippen molar-refractivity contribution in [2.45, 2.75) is 31.8 Å². The molecule has 1 saturated carbocycles. The normalized spacial score (nSPS) is 13.3. The third kappa shape index (κ3) is 4.88. The average molecular weight is 583 g/mol. The van der Waals surface area contributed by atoms with Gasteiger partial charge in [0.15, 0.2) is 35.2 Å². The van der Waals surface area contributed by atoms with E-state index in [1.807, 2.05) is 0 Å². The van der Waals surface area contributed by atoms with Gasteiger partial charge in [-0.3, -0.25) is 29.8 Å². The van der Waals surface area contributed by atoms with Gasteiger partial charge in [0.2, 0.25) is 0 Å². The van der Waals surface area contributed by atoms with Crippen molar-refractivity contribution in [2.24, 2.45) is 0 Å². The fraction of sp³-hybridized carbons (Fsp3) is 0.161. The first kappa shape index (κ1) is 27.4. The number of carbonyl (C=O) groups excluding carboxylic acids is 2. The quantitative estimate of drug-likeness (QED) is 0.117. The lowest BCUT2D eigenvalue weighted by molar-refractivity contribution is -0.384. The zero-order valence-corrected chi connectivity index (χ0v) is 22.3. The van der Waals surface area contributed by atoms with Crippen molar-refractivity contribution >= 4 is 67.8 Å². The number of hydrogen-bond donors (Lipinski definition) is 1. The lowest BCUT2D eigenvalue weighted by Crippen LogP contribution is -2.10. The SMILES string of the molecule is O=Cc1ccc(O)c2oc3ccc([N+](=O)[O-])cc3c12.O=Cc1ccc(OC2CCCC2)c2oc3ccc([N+](=O)[O-])cc3c12. The number of carbonyl (C=O) groups is 2. The summed E-state index contributed by atoms with van der Waals surface area (Å²) < 4.78 is 17.3. The van der Waals surface area contributed by atoms with Crippen molar-refractivity contribution in [1.29, 1.82) is 0 Å². The molecule has 0 atom stereocenters. The Morgan fingerprint density at radius 3 is 1.79 bits per heavy atom. The summed E-state index contributed by atoms with van der Waals surface area (Å²) in [5, 5.41) is 33.5. The number of fused-ring (bicyclic) bond motifs is 6. The molecule has 12 nitrogen and oxygen atoms in total. The van der Waals surface area contributed by atoms with Crippen molar-refractivity contribution in [3.05, 3.63) is 92.0 Å². The molecule has 4 aromatic carbocycles. The second-order valence-corrected chi connectivity index (χ2v) is 10.1. The van der Waals surface area contributed by atoms with E-state index in [0.29, 0.717) is 61.5 Å². The minimum Gasteiger partial charge on any atom is -0.504 e. The highest BCUT2D eigenvalue weighted by molar-refractivity contribution is 6.15. The molecule has 0 radical (unpaired) electrons. The van der Waals surface area contributed by atoms with Crippen molar-refractivity contribution < 1.29 is 38.1 Å². The van der Waals surface area contributed by atoms with Crippen LogP contribution in [0.3, 0.4) is 0 Å². The van der Waals surface area contributed by atoms with Crippen molar-refractivity contribution in [3.8, 4) is 11.5 Å². The van der Waals surface area contributed by atoms with E-state index in [1.54, 1.807) is 18.2 Å².